The number of Topliss-reactive ketones (excluding diaryl/α,β-unsaturated/α-hetero) is 1. The summed E-state index contributed by atoms with van der Waals surface area (Å²) in [5, 5.41) is 21.0. The number of carbonyl (C=O) groups is 2. The number of carbonyl (C=O) groups excluding carboxylic acids is 2. The van der Waals surface area contributed by atoms with Crippen molar-refractivity contribution in [1.29, 1.82) is 0 Å². The van der Waals surface area contributed by atoms with Gasteiger partial charge in [0.2, 0.25) is 5.13 Å². The molecule has 2 aromatic carbocycles. The summed E-state index contributed by atoms with van der Waals surface area (Å²) >= 11 is 14.8. The van der Waals surface area contributed by atoms with E-state index in [0.717, 1.165) is 28.0 Å². The van der Waals surface area contributed by atoms with Crippen LogP contribution in [0.2, 0.25) is 10.0 Å². The van der Waals surface area contributed by atoms with Crippen molar-refractivity contribution in [3.05, 3.63) is 98.4 Å². The van der Waals surface area contributed by atoms with Crippen molar-refractivity contribution in [2.75, 3.05) is 4.90 Å². The Bertz CT molecular complexity index is 1550. The van der Waals surface area contributed by atoms with Crippen molar-refractivity contribution >= 4 is 68.9 Å². The molecule has 188 valence electrons. The second kappa shape index (κ2) is 10.3. The van der Waals surface area contributed by atoms with E-state index in [1.54, 1.807) is 30.3 Å². The maximum absolute atomic E-state index is 13.3. The Kier molecular flexibility index (Phi) is 7.13. The highest BCUT2D eigenvalue weighted by molar-refractivity contribution is 8.00. The van der Waals surface area contributed by atoms with Crippen LogP contribution < -0.4 is 4.90 Å². The molecular formula is C26H19Cl2N3O4S2. The molecule has 37 heavy (non-hydrogen) atoms. The van der Waals surface area contributed by atoms with Gasteiger partial charge in [0.1, 0.15) is 17.6 Å². The van der Waals surface area contributed by atoms with E-state index in [1.807, 2.05) is 32.0 Å². The Morgan fingerprint density at radius 3 is 2.68 bits per heavy atom. The maximum atomic E-state index is 13.3. The van der Waals surface area contributed by atoms with Gasteiger partial charge in [-0.05, 0) is 55.3 Å². The second-order valence-corrected chi connectivity index (χ2v) is 11.4. The minimum Gasteiger partial charge on any atom is -0.507 e. The summed E-state index contributed by atoms with van der Waals surface area (Å²) in [7, 11) is 0. The average Bonchev–Trinajstić information content (AvgIpc) is 3.60. The van der Waals surface area contributed by atoms with Gasteiger partial charge in [0, 0.05) is 21.4 Å². The largest absolute Gasteiger partial charge is 0.507 e. The molecule has 0 saturated carbocycles. The number of ketones is 1. The summed E-state index contributed by atoms with van der Waals surface area (Å²) in [5.41, 5.74) is 2.96. The van der Waals surface area contributed by atoms with Crippen LogP contribution in [-0.4, -0.2) is 27.0 Å². The number of benzene rings is 2. The first-order chi connectivity index (χ1) is 17.7. The minimum atomic E-state index is -0.994. The Labute approximate surface area is 230 Å². The van der Waals surface area contributed by atoms with Crippen molar-refractivity contribution in [2.45, 2.75) is 30.0 Å². The molecule has 5 rings (SSSR count). The lowest BCUT2D eigenvalue weighted by Crippen LogP contribution is -2.29. The molecule has 1 unspecified atom stereocenters. The second-order valence-electron chi connectivity index (χ2n) is 8.38. The summed E-state index contributed by atoms with van der Waals surface area (Å²) in [6, 6.07) is 13.1. The molecular weight excluding hydrogens is 553 g/mol. The molecule has 3 heterocycles. The van der Waals surface area contributed by atoms with Gasteiger partial charge >= 0.3 is 5.91 Å². The minimum absolute atomic E-state index is 0.0639. The van der Waals surface area contributed by atoms with Gasteiger partial charge in [-0.1, -0.05) is 70.1 Å². The van der Waals surface area contributed by atoms with E-state index >= 15 is 0 Å². The molecule has 1 atom stereocenters. The van der Waals surface area contributed by atoms with E-state index in [4.69, 9.17) is 27.6 Å². The Morgan fingerprint density at radius 2 is 1.95 bits per heavy atom. The Morgan fingerprint density at radius 1 is 1.14 bits per heavy atom. The fraction of sp³-hybridized carbons (Fsp3) is 0.154. The molecule has 1 fully saturated rings. The van der Waals surface area contributed by atoms with Crippen LogP contribution in [0.4, 0.5) is 5.13 Å². The fourth-order valence-electron chi connectivity index (χ4n) is 4.02. The first-order valence-electron chi connectivity index (χ1n) is 11.1. The zero-order chi connectivity index (χ0) is 26.3. The van der Waals surface area contributed by atoms with E-state index < -0.39 is 17.7 Å². The molecule has 11 heteroatoms. The number of halogens is 2. The Hall–Kier alpha value is -3.11. The summed E-state index contributed by atoms with van der Waals surface area (Å²) in [6.07, 6.45) is 1.45. The van der Waals surface area contributed by atoms with E-state index in [-0.39, 0.29) is 16.5 Å². The number of rotatable bonds is 6. The van der Waals surface area contributed by atoms with Gasteiger partial charge in [0.25, 0.3) is 5.78 Å². The molecule has 0 spiro atoms. The number of aliphatic hydroxyl groups is 1. The number of aryl methyl sites for hydroxylation is 2. The number of hydrogen-bond acceptors (Lipinski definition) is 8. The van der Waals surface area contributed by atoms with Crippen molar-refractivity contribution < 1.29 is 19.1 Å². The summed E-state index contributed by atoms with van der Waals surface area (Å²) in [6.45, 7) is 3.71. The maximum Gasteiger partial charge on any atom is 0.302 e. The van der Waals surface area contributed by atoms with Gasteiger partial charge in [-0.2, -0.15) is 0 Å². The molecule has 2 aromatic heterocycles. The van der Waals surface area contributed by atoms with Crippen LogP contribution >= 0.6 is 46.3 Å². The first-order valence-corrected chi connectivity index (χ1v) is 13.6. The molecule has 1 saturated heterocycles. The topological polar surface area (TPSA) is 96.5 Å². The number of hydrogen-bond donors (Lipinski definition) is 1. The van der Waals surface area contributed by atoms with Crippen LogP contribution in [-0.2, 0) is 15.3 Å². The van der Waals surface area contributed by atoms with E-state index in [1.165, 1.54) is 22.9 Å². The monoisotopic (exact) mass is 571 g/mol. The number of amides is 1. The van der Waals surface area contributed by atoms with Gasteiger partial charge in [-0.25, -0.2) is 0 Å². The van der Waals surface area contributed by atoms with Crippen LogP contribution in [0.25, 0.3) is 5.76 Å². The van der Waals surface area contributed by atoms with Gasteiger partial charge in [-0.15, -0.1) is 10.2 Å². The SMILES string of the molecule is Cc1ccc(C)c(/C(O)=C2\C(=O)C(=O)N(c3nnc(SCc4ccc(Cl)cc4Cl)s3)C2c2ccco2)c1. The number of aliphatic hydroxyl groups excluding tert-OH is 1. The third-order valence-electron chi connectivity index (χ3n) is 5.87. The van der Waals surface area contributed by atoms with Crippen LogP contribution in [0.15, 0.2) is 69.1 Å². The molecule has 4 aromatic rings. The third kappa shape index (κ3) is 4.92. The lowest BCUT2D eigenvalue weighted by Gasteiger charge is -2.20. The Balaban J connectivity index is 1.52. The molecule has 1 aliphatic heterocycles. The number of thioether (sulfide) groups is 1. The van der Waals surface area contributed by atoms with E-state index in [9.17, 15) is 14.7 Å². The predicted octanol–water partition coefficient (Wildman–Crippen LogP) is 6.97. The van der Waals surface area contributed by atoms with Gasteiger partial charge in [0.15, 0.2) is 4.34 Å². The molecule has 7 nitrogen and oxygen atoms in total. The lowest BCUT2D eigenvalue weighted by molar-refractivity contribution is -0.132. The van der Waals surface area contributed by atoms with Gasteiger partial charge in [-0.3, -0.25) is 14.5 Å². The van der Waals surface area contributed by atoms with Crippen molar-refractivity contribution in [3.8, 4) is 0 Å². The van der Waals surface area contributed by atoms with Crippen molar-refractivity contribution in [3.63, 3.8) is 0 Å². The average molecular weight is 572 g/mol. The van der Waals surface area contributed by atoms with Crippen LogP contribution in [0.5, 0.6) is 0 Å². The molecule has 0 bridgehead atoms. The first kappa shape index (κ1) is 25.5. The van der Waals surface area contributed by atoms with Crippen molar-refractivity contribution in [1.82, 2.24) is 10.2 Å². The van der Waals surface area contributed by atoms with Crippen LogP contribution in [0, 0.1) is 13.8 Å². The van der Waals surface area contributed by atoms with Crippen LogP contribution in [0.3, 0.4) is 0 Å². The normalized spacial score (nSPS) is 17.1. The molecule has 1 amide bonds. The highest BCUT2D eigenvalue weighted by Crippen LogP contribution is 2.44. The highest BCUT2D eigenvalue weighted by Gasteiger charge is 2.49. The number of furan rings is 1. The van der Waals surface area contributed by atoms with Crippen molar-refractivity contribution in [2.24, 2.45) is 0 Å². The number of aromatic nitrogens is 2. The summed E-state index contributed by atoms with van der Waals surface area (Å²) < 4.78 is 6.18. The third-order valence-corrected chi connectivity index (χ3v) is 8.57. The fourth-order valence-corrected chi connectivity index (χ4v) is 6.44. The van der Waals surface area contributed by atoms with Gasteiger partial charge < -0.3 is 9.52 Å². The molecule has 1 N–H and O–H groups in total. The van der Waals surface area contributed by atoms with Crippen LogP contribution in [0.1, 0.15) is 34.1 Å². The van der Waals surface area contributed by atoms with E-state index in [2.05, 4.69) is 10.2 Å². The van der Waals surface area contributed by atoms with Gasteiger partial charge in [0.05, 0.1) is 11.8 Å². The zero-order valence-corrected chi connectivity index (χ0v) is 22.7. The zero-order valence-electron chi connectivity index (χ0n) is 19.6. The lowest BCUT2D eigenvalue weighted by atomic mass is 9.96. The molecule has 1 aliphatic rings. The smallest absolute Gasteiger partial charge is 0.302 e. The number of anilines is 1. The highest BCUT2D eigenvalue weighted by atomic mass is 35.5. The number of nitrogens with zero attached hydrogens (tertiary/aromatic N) is 3. The van der Waals surface area contributed by atoms with E-state index in [0.29, 0.717) is 31.5 Å². The summed E-state index contributed by atoms with van der Waals surface area (Å²) in [4.78, 5) is 27.8. The standard InChI is InChI=1S/C26H19Cl2N3O4S2/c1-13-5-6-14(2)17(10-13)22(32)20-21(19-4-3-9-35-19)31(24(34)23(20)33)25-29-30-26(37-25)36-12-15-7-8-16(27)11-18(15)28/h3-11,21,32H,12H2,1-2H3/b22-20+. The summed E-state index contributed by atoms with van der Waals surface area (Å²) in [5.74, 6) is -1.07. The molecule has 0 radical (unpaired) electrons. The quantitative estimate of drug-likeness (QED) is 0.0876. The predicted molar refractivity (Wildman–Crippen MR) is 145 cm³/mol. The molecule has 0 aliphatic carbocycles.